The molecule has 3 N–H and O–H groups in total. The van der Waals surface area contributed by atoms with E-state index in [9.17, 15) is 0 Å². The molecule has 0 bridgehead atoms. The minimum absolute atomic E-state index is 0.103. The second-order valence-corrected chi connectivity index (χ2v) is 6.08. The Hall–Kier alpha value is -0.840. The highest BCUT2D eigenvalue weighted by Crippen LogP contribution is 2.39. The summed E-state index contributed by atoms with van der Waals surface area (Å²) < 4.78 is 6.66. The van der Waals surface area contributed by atoms with Crippen molar-refractivity contribution in [3.05, 3.63) is 34.4 Å². The summed E-state index contributed by atoms with van der Waals surface area (Å²) in [6.07, 6.45) is 5.18. The number of rotatable bonds is 4. The van der Waals surface area contributed by atoms with Gasteiger partial charge in [0, 0.05) is 40.6 Å². The predicted octanol–water partition coefficient (Wildman–Crippen LogP) is 2.98. The topological polar surface area (TPSA) is 51.0 Å². The van der Waals surface area contributed by atoms with Crippen LogP contribution in [0, 0.1) is 0 Å². The number of aromatic amines is 1. The van der Waals surface area contributed by atoms with Crippen LogP contribution in [0.4, 0.5) is 0 Å². The molecule has 0 spiro atoms. The molecule has 1 heterocycles. The summed E-state index contributed by atoms with van der Waals surface area (Å²) in [5, 5.41) is 1.25. The molecular formula is C14H17BrN2O. The zero-order chi connectivity index (χ0) is 12.8. The number of methoxy groups -OCH3 is 1. The Morgan fingerprint density at radius 3 is 2.94 bits per heavy atom. The standard InChI is InChI=1S/C14H17BrN2O/c1-18-13(14(16)4-5-14)6-9-8-17-12-7-10(15)2-3-11(9)12/h2-3,7-8,13,17H,4-6,16H2,1H3. The molecule has 1 fully saturated rings. The minimum Gasteiger partial charge on any atom is -0.379 e. The van der Waals surface area contributed by atoms with E-state index in [0.717, 1.165) is 29.3 Å². The van der Waals surface area contributed by atoms with E-state index in [1.165, 1.54) is 10.9 Å². The van der Waals surface area contributed by atoms with E-state index in [0.29, 0.717) is 0 Å². The van der Waals surface area contributed by atoms with Crippen LogP contribution in [0.3, 0.4) is 0 Å². The van der Waals surface area contributed by atoms with E-state index in [-0.39, 0.29) is 11.6 Å². The SMILES string of the molecule is COC(Cc1c[nH]c2cc(Br)ccc12)C1(N)CC1. The van der Waals surface area contributed by atoms with Crippen molar-refractivity contribution in [1.82, 2.24) is 4.98 Å². The van der Waals surface area contributed by atoms with Gasteiger partial charge in [-0.15, -0.1) is 0 Å². The van der Waals surface area contributed by atoms with Gasteiger partial charge in [0.15, 0.2) is 0 Å². The van der Waals surface area contributed by atoms with Gasteiger partial charge in [0.25, 0.3) is 0 Å². The van der Waals surface area contributed by atoms with Crippen molar-refractivity contribution in [3.8, 4) is 0 Å². The van der Waals surface area contributed by atoms with Crippen LogP contribution in [0.1, 0.15) is 18.4 Å². The number of aromatic nitrogens is 1. The van der Waals surface area contributed by atoms with Crippen molar-refractivity contribution in [2.75, 3.05) is 7.11 Å². The number of nitrogens with two attached hydrogens (primary N) is 1. The molecule has 1 atom stereocenters. The van der Waals surface area contributed by atoms with E-state index in [1.54, 1.807) is 7.11 Å². The third kappa shape index (κ3) is 2.09. The van der Waals surface area contributed by atoms with Crippen LogP contribution in [0.15, 0.2) is 28.9 Å². The second kappa shape index (κ2) is 4.37. The summed E-state index contributed by atoms with van der Waals surface area (Å²) in [5.74, 6) is 0. The summed E-state index contributed by atoms with van der Waals surface area (Å²) in [4.78, 5) is 3.30. The summed E-state index contributed by atoms with van der Waals surface area (Å²) >= 11 is 3.48. The fraction of sp³-hybridized carbons (Fsp3) is 0.429. The van der Waals surface area contributed by atoms with Crippen LogP contribution in [-0.4, -0.2) is 23.7 Å². The Morgan fingerprint density at radius 1 is 1.50 bits per heavy atom. The maximum absolute atomic E-state index is 6.24. The summed E-state index contributed by atoms with van der Waals surface area (Å²) in [5.41, 5.74) is 8.57. The second-order valence-electron chi connectivity index (χ2n) is 5.17. The average Bonchev–Trinajstić information content (AvgIpc) is 2.98. The van der Waals surface area contributed by atoms with Crippen molar-refractivity contribution in [2.45, 2.75) is 30.9 Å². The monoisotopic (exact) mass is 308 g/mol. The molecule has 4 heteroatoms. The van der Waals surface area contributed by atoms with Gasteiger partial charge in [0.05, 0.1) is 6.10 Å². The van der Waals surface area contributed by atoms with E-state index in [2.05, 4.69) is 45.3 Å². The van der Waals surface area contributed by atoms with Gasteiger partial charge < -0.3 is 15.5 Å². The Balaban J connectivity index is 1.90. The molecule has 18 heavy (non-hydrogen) atoms. The maximum Gasteiger partial charge on any atom is 0.0791 e. The molecule has 3 rings (SSSR count). The highest BCUT2D eigenvalue weighted by atomic mass is 79.9. The molecule has 1 aliphatic rings. The van der Waals surface area contributed by atoms with Gasteiger partial charge in [-0.2, -0.15) is 0 Å². The quantitative estimate of drug-likeness (QED) is 0.912. The molecule has 0 radical (unpaired) electrons. The van der Waals surface area contributed by atoms with Gasteiger partial charge in [-0.25, -0.2) is 0 Å². The summed E-state index contributed by atoms with van der Waals surface area (Å²) in [6, 6.07) is 6.29. The lowest BCUT2D eigenvalue weighted by Crippen LogP contribution is -2.40. The van der Waals surface area contributed by atoms with Crippen LogP contribution in [0.2, 0.25) is 0 Å². The van der Waals surface area contributed by atoms with Gasteiger partial charge >= 0.3 is 0 Å². The Bertz CT molecular complexity index is 574. The zero-order valence-corrected chi connectivity index (χ0v) is 12.0. The van der Waals surface area contributed by atoms with E-state index < -0.39 is 0 Å². The Kier molecular flexibility index (Phi) is 2.96. The molecule has 0 aliphatic heterocycles. The van der Waals surface area contributed by atoms with Crippen molar-refractivity contribution in [3.63, 3.8) is 0 Å². The first-order chi connectivity index (χ1) is 8.62. The first-order valence-corrected chi connectivity index (χ1v) is 6.99. The van der Waals surface area contributed by atoms with Crippen molar-refractivity contribution in [2.24, 2.45) is 5.73 Å². The van der Waals surface area contributed by atoms with Crippen LogP contribution >= 0.6 is 15.9 Å². The van der Waals surface area contributed by atoms with Gasteiger partial charge in [-0.3, -0.25) is 0 Å². The number of H-pyrrole nitrogens is 1. The molecule has 1 saturated carbocycles. The highest BCUT2D eigenvalue weighted by Gasteiger charge is 2.46. The van der Waals surface area contributed by atoms with E-state index in [4.69, 9.17) is 10.5 Å². The van der Waals surface area contributed by atoms with Gasteiger partial charge in [0.2, 0.25) is 0 Å². The van der Waals surface area contributed by atoms with Crippen LogP contribution in [-0.2, 0) is 11.2 Å². The van der Waals surface area contributed by atoms with Crippen molar-refractivity contribution >= 4 is 26.8 Å². The lowest BCUT2D eigenvalue weighted by atomic mass is 10.0. The smallest absolute Gasteiger partial charge is 0.0791 e. The largest absolute Gasteiger partial charge is 0.379 e. The molecule has 3 nitrogen and oxygen atoms in total. The lowest BCUT2D eigenvalue weighted by molar-refractivity contribution is 0.0728. The van der Waals surface area contributed by atoms with Crippen molar-refractivity contribution < 1.29 is 4.74 Å². The molecule has 1 aromatic heterocycles. The third-order valence-electron chi connectivity index (χ3n) is 3.89. The molecule has 2 aromatic rings. The average molecular weight is 309 g/mol. The molecule has 0 saturated heterocycles. The van der Waals surface area contributed by atoms with E-state index >= 15 is 0 Å². The molecule has 1 unspecified atom stereocenters. The van der Waals surface area contributed by atoms with Crippen LogP contribution in [0.25, 0.3) is 10.9 Å². The number of fused-ring (bicyclic) bond motifs is 1. The normalized spacial score (nSPS) is 19.1. The fourth-order valence-corrected chi connectivity index (χ4v) is 2.88. The molecule has 96 valence electrons. The Labute approximate surface area is 115 Å². The van der Waals surface area contributed by atoms with Crippen LogP contribution < -0.4 is 5.73 Å². The molecular weight excluding hydrogens is 292 g/mol. The zero-order valence-electron chi connectivity index (χ0n) is 10.4. The summed E-state index contributed by atoms with van der Waals surface area (Å²) in [6.45, 7) is 0. The maximum atomic E-state index is 6.24. The molecule has 0 amide bonds. The van der Waals surface area contributed by atoms with E-state index in [1.807, 2.05) is 0 Å². The van der Waals surface area contributed by atoms with Gasteiger partial charge in [-0.1, -0.05) is 22.0 Å². The Morgan fingerprint density at radius 2 is 2.28 bits per heavy atom. The van der Waals surface area contributed by atoms with Gasteiger partial charge in [0.1, 0.15) is 0 Å². The minimum atomic E-state index is -0.103. The molecule has 1 aromatic carbocycles. The number of halogens is 1. The van der Waals surface area contributed by atoms with Gasteiger partial charge in [-0.05, 0) is 30.5 Å². The third-order valence-corrected chi connectivity index (χ3v) is 4.38. The number of benzene rings is 1. The first kappa shape index (κ1) is 12.2. The van der Waals surface area contributed by atoms with Crippen molar-refractivity contribution in [1.29, 1.82) is 0 Å². The number of hydrogen-bond acceptors (Lipinski definition) is 2. The lowest BCUT2D eigenvalue weighted by Gasteiger charge is -2.21. The number of ether oxygens (including phenoxy) is 1. The van der Waals surface area contributed by atoms with Crippen LogP contribution in [0.5, 0.6) is 0 Å². The fourth-order valence-electron chi connectivity index (χ4n) is 2.51. The predicted molar refractivity (Wildman–Crippen MR) is 76.7 cm³/mol. The number of nitrogens with one attached hydrogen (secondary N) is 1. The highest BCUT2D eigenvalue weighted by molar-refractivity contribution is 9.10. The number of hydrogen-bond donors (Lipinski definition) is 2. The summed E-state index contributed by atoms with van der Waals surface area (Å²) in [7, 11) is 1.75. The first-order valence-electron chi connectivity index (χ1n) is 6.19. The molecule has 1 aliphatic carbocycles.